The Morgan fingerprint density at radius 1 is 0.346 bits per heavy atom. The van der Waals surface area contributed by atoms with Gasteiger partial charge >= 0.3 is 0 Å². The average molecular weight is 661 g/mol. The van der Waals surface area contributed by atoms with Gasteiger partial charge in [0.1, 0.15) is 5.69 Å². The first-order valence-corrected chi connectivity index (χ1v) is 17.8. The molecule has 8 aromatic carbocycles. The van der Waals surface area contributed by atoms with Gasteiger partial charge in [0.25, 0.3) is 0 Å². The van der Waals surface area contributed by atoms with Gasteiger partial charge in [-0.15, -0.1) is 0 Å². The van der Waals surface area contributed by atoms with E-state index in [0.717, 1.165) is 50.4 Å². The van der Waals surface area contributed by atoms with E-state index in [1.165, 1.54) is 60.0 Å². The first kappa shape index (κ1) is 27.7. The van der Waals surface area contributed by atoms with Crippen LogP contribution >= 0.6 is 0 Å². The molecule has 1 aliphatic rings. The third-order valence-corrected chi connectivity index (χ3v) is 11.0. The van der Waals surface area contributed by atoms with Crippen LogP contribution in [0.4, 0.5) is 0 Å². The fourth-order valence-corrected chi connectivity index (χ4v) is 8.84. The third-order valence-electron chi connectivity index (χ3n) is 11.0. The van der Waals surface area contributed by atoms with Crippen molar-refractivity contribution in [3.05, 3.63) is 170 Å². The van der Waals surface area contributed by atoms with Gasteiger partial charge in [0, 0.05) is 43.7 Å². The van der Waals surface area contributed by atoms with Crippen LogP contribution in [0.25, 0.3) is 110 Å². The van der Waals surface area contributed by atoms with Crippen LogP contribution in [0, 0.1) is 0 Å². The maximum Gasteiger partial charge on any atom is 0.165 e. The molecule has 0 saturated carbocycles. The summed E-state index contributed by atoms with van der Waals surface area (Å²) in [6, 6.07) is 61.3. The summed E-state index contributed by atoms with van der Waals surface area (Å²) in [4.78, 5) is 10.6. The van der Waals surface area contributed by atoms with E-state index in [1.54, 1.807) is 0 Å². The lowest BCUT2D eigenvalue weighted by atomic mass is 9.90. The molecule has 11 aromatic rings. The Balaban J connectivity index is 1.24. The van der Waals surface area contributed by atoms with Gasteiger partial charge in [0.05, 0.1) is 33.1 Å². The van der Waals surface area contributed by atoms with Gasteiger partial charge in [-0.3, -0.25) is 4.57 Å². The Hall–Kier alpha value is -7.04. The van der Waals surface area contributed by atoms with Crippen molar-refractivity contribution in [2.75, 3.05) is 0 Å². The number of hydrogen-bond acceptors (Lipinski definition) is 2. The highest BCUT2D eigenvalue weighted by Gasteiger charge is 2.28. The molecule has 240 valence electrons. The van der Waals surface area contributed by atoms with Crippen molar-refractivity contribution in [3.63, 3.8) is 0 Å². The maximum atomic E-state index is 5.33. The summed E-state index contributed by atoms with van der Waals surface area (Å²) in [5, 5.41) is 7.36. The number of aromatic nitrogens is 4. The van der Waals surface area contributed by atoms with Crippen LogP contribution in [0.2, 0.25) is 0 Å². The first-order valence-electron chi connectivity index (χ1n) is 17.8. The van der Waals surface area contributed by atoms with E-state index in [1.807, 2.05) is 12.1 Å². The van der Waals surface area contributed by atoms with E-state index in [2.05, 4.69) is 167 Å². The smallest absolute Gasteiger partial charge is 0.165 e. The maximum absolute atomic E-state index is 5.33. The Morgan fingerprint density at radius 3 is 1.69 bits per heavy atom. The van der Waals surface area contributed by atoms with Crippen molar-refractivity contribution in [2.24, 2.45) is 0 Å². The number of nitrogens with zero attached hydrogens (tertiary/aromatic N) is 4. The lowest BCUT2D eigenvalue weighted by Gasteiger charge is -2.15. The van der Waals surface area contributed by atoms with Crippen LogP contribution < -0.4 is 0 Å². The summed E-state index contributed by atoms with van der Waals surface area (Å²) in [5.74, 6) is 0.865. The van der Waals surface area contributed by atoms with Crippen molar-refractivity contribution in [1.29, 1.82) is 0 Å². The molecular formula is C48H28N4. The molecule has 0 saturated heterocycles. The molecule has 0 spiro atoms. The van der Waals surface area contributed by atoms with Crippen molar-refractivity contribution in [1.82, 2.24) is 19.1 Å². The molecule has 0 radical (unpaired) electrons. The second-order valence-electron chi connectivity index (χ2n) is 13.8. The van der Waals surface area contributed by atoms with Gasteiger partial charge in [0.15, 0.2) is 5.82 Å². The lowest BCUT2D eigenvalue weighted by Crippen LogP contribution is -2.02. The zero-order chi connectivity index (χ0) is 33.9. The highest BCUT2D eigenvalue weighted by molar-refractivity contribution is 6.23. The van der Waals surface area contributed by atoms with Crippen LogP contribution in [0.15, 0.2) is 170 Å². The van der Waals surface area contributed by atoms with Gasteiger partial charge in [-0.05, 0) is 76.7 Å². The van der Waals surface area contributed by atoms with Crippen LogP contribution in [0.1, 0.15) is 0 Å². The standard InChI is InChI=1S/C48H28N4/c1-2-14-30(15-3-1)51-43-24-12-8-19-34(43)40-28-37(32-17-5-7-21-36(32)46(40)51)29-26-38-31-16-4-6-20-35(31)45-48(50-42-23-11-10-22-41(42)49-45)52-44-25-13-9-18-33(44)39(27-29)47(38)52/h1-28H. The van der Waals surface area contributed by atoms with Crippen molar-refractivity contribution in [2.45, 2.75) is 0 Å². The third kappa shape index (κ3) is 3.65. The topological polar surface area (TPSA) is 35.6 Å². The van der Waals surface area contributed by atoms with E-state index in [-0.39, 0.29) is 0 Å². The molecule has 0 bridgehead atoms. The summed E-state index contributed by atoms with van der Waals surface area (Å²) < 4.78 is 4.78. The normalized spacial score (nSPS) is 12.2. The van der Waals surface area contributed by atoms with Gasteiger partial charge in [0.2, 0.25) is 0 Å². The molecule has 4 heterocycles. The highest BCUT2D eigenvalue weighted by Crippen LogP contribution is 2.49. The zero-order valence-electron chi connectivity index (χ0n) is 28.0. The summed E-state index contributed by atoms with van der Waals surface area (Å²) in [5.41, 5.74) is 14.4. The van der Waals surface area contributed by atoms with Gasteiger partial charge < -0.3 is 4.57 Å². The number of fused-ring (bicyclic) bond motifs is 14. The molecule has 12 rings (SSSR count). The predicted octanol–water partition coefficient (Wildman–Crippen LogP) is 12.3. The van der Waals surface area contributed by atoms with E-state index in [9.17, 15) is 0 Å². The van der Waals surface area contributed by atoms with E-state index in [4.69, 9.17) is 9.97 Å². The summed E-state index contributed by atoms with van der Waals surface area (Å²) in [7, 11) is 0. The van der Waals surface area contributed by atoms with Gasteiger partial charge in [-0.1, -0.05) is 115 Å². The Kier molecular flexibility index (Phi) is 5.47. The molecule has 3 aromatic heterocycles. The molecule has 52 heavy (non-hydrogen) atoms. The van der Waals surface area contributed by atoms with Crippen molar-refractivity contribution < 1.29 is 0 Å². The molecular weight excluding hydrogens is 633 g/mol. The molecule has 4 nitrogen and oxygen atoms in total. The highest BCUT2D eigenvalue weighted by atomic mass is 15.1. The molecule has 0 atom stereocenters. The number of hydrogen-bond donors (Lipinski definition) is 0. The van der Waals surface area contributed by atoms with E-state index < -0.39 is 0 Å². The van der Waals surface area contributed by atoms with Crippen LogP contribution in [-0.4, -0.2) is 19.1 Å². The fourth-order valence-electron chi connectivity index (χ4n) is 8.84. The fraction of sp³-hybridized carbons (Fsp3) is 0. The summed E-state index contributed by atoms with van der Waals surface area (Å²) in [6.07, 6.45) is 0. The number of para-hydroxylation sites is 5. The minimum Gasteiger partial charge on any atom is -0.309 e. The minimum atomic E-state index is 0.865. The van der Waals surface area contributed by atoms with Crippen molar-refractivity contribution >= 4 is 65.4 Å². The first-order chi connectivity index (χ1) is 25.8. The Labute approximate surface area is 298 Å². The molecule has 1 aliphatic heterocycles. The second kappa shape index (κ2) is 10.3. The van der Waals surface area contributed by atoms with Crippen LogP contribution in [0.5, 0.6) is 0 Å². The largest absolute Gasteiger partial charge is 0.309 e. The quantitative estimate of drug-likeness (QED) is 0.185. The van der Waals surface area contributed by atoms with Gasteiger partial charge in [-0.25, -0.2) is 9.97 Å². The molecule has 4 heteroatoms. The van der Waals surface area contributed by atoms with Gasteiger partial charge in [-0.2, -0.15) is 0 Å². The van der Waals surface area contributed by atoms with E-state index in [0.29, 0.717) is 0 Å². The summed E-state index contributed by atoms with van der Waals surface area (Å²) >= 11 is 0. The molecule has 0 N–H and O–H groups in total. The SMILES string of the molecule is c1ccc(-n2c3ccccc3c3cc(-c4cc5c6c(c4)c4ccccc4n6-c4nc6ccccc6nc4-c4ccccc4-5)c4ccccc4c32)cc1. The zero-order valence-corrected chi connectivity index (χ0v) is 28.0. The predicted molar refractivity (Wildman–Crippen MR) is 216 cm³/mol. The molecule has 0 fully saturated rings. The minimum absolute atomic E-state index is 0.865. The van der Waals surface area contributed by atoms with E-state index >= 15 is 0 Å². The van der Waals surface area contributed by atoms with Crippen molar-refractivity contribution in [3.8, 4) is 45.0 Å². The summed E-state index contributed by atoms with van der Waals surface area (Å²) in [6.45, 7) is 0. The molecule has 0 aliphatic carbocycles. The van der Waals surface area contributed by atoms with Crippen LogP contribution in [-0.2, 0) is 0 Å². The molecule has 0 unspecified atom stereocenters. The number of rotatable bonds is 2. The second-order valence-corrected chi connectivity index (χ2v) is 13.8. The monoisotopic (exact) mass is 660 g/mol. The van der Waals surface area contributed by atoms with Crippen LogP contribution in [0.3, 0.4) is 0 Å². The lowest BCUT2D eigenvalue weighted by molar-refractivity contribution is 1.09. The Bertz CT molecular complexity index is 3290. The number of benzene rings is 8. The average Bonchev–Trinajstić information content (AvgIpc) is 3.69. The Morgan fingerprint density at radius 2 is 0.923 bits per heavy atom. The molecule has 0 amide bonds.